The summed E-state index contributed by atoms with van der Waals surface area (Å²) < 4.78 is 24.1. The second-order valence-electron chi connectivity index (χ2n) is 3.32. The van der Waals surface area contributed by atoms with E-state index in [0.29, 0.717) is 6.54 Å². The van der Waals surface area contributed by atoms with Crippen LogP contribution in [0, 0.1) is 11.8 Å². The molecular formula is C8H15F2NO. The van der Waals surface area contributed by atoms with Crippen molar-refractivity contribution in [2.75, 3.05) is 19.7 Å². The Balaban J connectivity index is 2.36. The third-order valence-corrected chi connectivity index (χ3v) is 2.48. The molecule has 0 aromatic rings. The van der Waals surface area contributed by atoms with Gasteiger partial charge in [-0.15, -0.1) is 0 Å². The van der Waals surface area contributed by atoms with Gasteiger partial charge >= 0.3 is 0 Å². The number of alkyl halides is 2. The summed E-state index contributed by atoms with van der Waals surface area (Å²) in [6.07, 6.45) is -1.54. The van der Waals surface area contributed by atoms with Gasteiger partial charge in [-0.2, -0.15) is 0 Å². The van der Waals surface area contributed by atoms with Crippen LogP contribution in [-0.4, -0.2) is 31.2 Å². The van der Waals surface area contributed by atoms with Gasteiger partial charge in [0, 0.05) is 19.6 Å². The van der Waals surface area contributed by atoms with Crippen molar-refractivity contribution in [3.05, 3.63) is 0 Å². The van der Waals surface area contributed by atoms with Crippen LogP contribution >= 0.6 is 0 Å². The van der Waals surface area contributed by atoms with Gasteiger partial charge in [-0.3, -0.25) is 0 Å². The largest absolute Gasteiger partial charge is 0.396 e. The Kier molecular flexibility index (Phi) is 3.88. The molecule has 2 nitrogen and oxygen atoms in total. The molecule has 0 amide bonds. The molecule has 2 N–H and O–H groups in total. The first-order valence-corrected chi connectivity index (χ1v) is 4.33. The normalized spacial score (nSPS) is 31.0. The van der Waals surface area contributed by atoms with Crippen molar-refractivity contribution in [2.24, 2.45) is 11.8 Å². The van der Waals surface area contributed by atoms with Gasteiger partial charge in [0.05, 0.1) is 0 Å². The van der Waals surface area contributed by atoms with Crippen LogP contribution in [0.15, 0.2) is 0 Å². The summed E-state index contributed by atoms with van der Waals surface area (Å²) in [7, 11) is 0. The predicted octanol–water partition coefficient (Wildman–Crippen LogP) is 0.860. The first kappa shape index (κ1) is 9.86. The third kappa shape index (κ3) is 2.68. The van der Waals surface area contributed by atoms with Gasteiger partial charge in [0.1, 0.15) is 0 Å². The molecule has 72 valence electrons. The topological polar surface area (TPSA) is 32.3 Å². The highest BCUT2D eigenvalue weighted by Crippen LogP contribution is 2.24. The lowest BCUT2D eigenvalue weighted by Gasteiger charge is -2.30. The molecule has 1 rings (SSSR count). The summed E-state index contributed by atoms with van der Waals surface area (Å²) >= 11 is 0. The average Bonchev–Trinajstić information content (AvgIpc) is 2.04. The van der Waals surface area contributed by atoms with Crippen LogP contribution in [0.1, 0.15) is 12.8 Å². The van der Waals surface area contributed by atoms with Crippen LogP contribution in [0.2, 0.25) is 0 Å². The maximum atomic E-state index is 12.0. The van der Waals surface area contributed by atoms with Crippen molar-refractivity contribution in [1.29, 1.82) is 0 Å². The van der Waals surface area contributed by atoms with Crippen LogP contribution in [0.25, 0.3) is 0 Å². The van der Waals surface area contributed by atoms with Gasteiger partial charge in [0.15, 0.2) is 0 Å². The van der Waals surface area contributed by atoms with E-state index in [9.17, 15) is 8.78 Å². The van der Waals surface area contributed by atoms with Crippen LogP contribution < -0.4 is 5.32 Å². The predicted molar refractivity (Wildman–Crippen MR) is 42.2 cm³/mol. The zero-order valence-electron chi connectivity index (χ0n) is 6.97. The number of rotatable bonds is 3. The molecule has 1 saturated heterocycles. The van der Waals surface area contributed by atoms with Crippen molar-refractivity contribution in [3.8, 4) is 0 Å². The van der Waals surface area contributed by atoms with Crippen LogP contribution in [0.3, 0.4) is 0 Å². The first-order valence-electron chi connectivity index (χ1n) is 4.33. The Morgan fingerprint density at radius 2 is 2.17 bits per heavy atom. The second-order valence-corrected chi connectivity index (χ2v) is 3.32. The quantitative estimate of drug-likeness (QED) is 0.673. The number of aliphatic hydroxyl groups excluding tert-OH is 1. The van der Waals surface area contributed by atoms with Crippen LogP contribution in [0.5, 0.6) is 0 Å². The van der Waals surface area contributed by atoms with Crippen molar-refractivity contribution in [2.45, 2.75) is 19.3 Å². The van der Waals surface area contributed by atoms with Gasteiger partial charge in [-0.1, -0.05) is 0 Å². The molecule has 0 radical (unpaired) electrons. The Bertz CT molecular complexity index is 132. The molecule has 12 heavy (non-hydrogen) atoms. The number of aliphatic hydroxyl groups is 1. The van der Waals surface area contributed by atoms with E-state index in [1.165, 1.54) is 0 Å². The number of nitrogens with one attached hydrogen (secondary N) is 1. The summed E-state index contributed by atoms with van der Waals surface area (Å²) in [6.45, 7) is 1.49. The van der Waals surface area contributed by atoms with Crippen molar-refractivity contribution in [3.63, 3.8) is 0 Å². The fourth-order valence-corrected chi connectivity index (χ4v) is 1.73. The van der Waals surface area contributed by atoms with Crippen molar-refractivity contribution >= 4 is 0 Å². The lowest BCUT2D eigenvalue weighted by Crippen LogP contribution is -2.39. The third-order valence-electron chi connectivity index (χ3n) is 2.48. The SMILES string of the molecule is OCC1CNCCC1CC(F)F. The molecule has 4 heteroatoms. The Morgan fingerprint density at radius 3 is 2.75 bits per heavy atom. The van der Waals surface area contributed by atoms with Gasteiger partial charge in [-0.25, -0.2) is 8.78 Å². The van der Waals surface area contributed by atoms with E-state index in [4.69, 9.17) is 5.11 Å². The summed E-state index contributed by atoms with van der Waals surface area (Å²) in [5.74, 6) is 0.0176. The highest BCUT2D eigenvalue weighted by Gasteiger charge is 2.26. The average molecular weight is 179 g/mol. The molecule has 1 heterocycles. The molecule has 0 bridgehead atoms. The molecule has 2 atom stereocenters. The number of piperidine rings is 1. The Labute approximate surface area is 71.0 Å². The smallest absolute Gasteiger partial charge is 0.238 e. The highest BCUT2D eigenvalue weighted by atomic mass is 19.3. The summed E-state index contributed by atoms with van der Waals surface area (Å²) in [5.41, 5.74) is 0. The van der Waals surface area contributed by atoms with Crippen molar-refractivity contribution in [1.82, 2.24) is 5.32 Å². The molecule has 0 aromatic carbocycles. The van der Waals surface area contributed by atoms with Crippen molar-refractivity contribution < 1.29 is 13.9 Å². The van der Waals surface area contributed by atoms with E-state index < -0.39 is 6.43 Å². The first-order chi connectivity index (χ1) is 5.74. The maximum Gasteiger partial charge on any atom is 0.238 e. The van der Waals surface area contributed by atoms with Gasteiger partial charge in [0.2, 0.25) is 6.43 Å². The van der Waals surface area contributed by atoms with E-state index in [0.717, 1.165) is 13.0 Å². The van der Waals surface area contributed by atoms with Crippen LogP contribution in [0.4, 0.5) is 8.78 Å². The number of hydrogen-bond acceptors (Lipinski definition) is 2. The summed E-state index contributed by atoms with van der Waals surface area (Å²) in [4.78, 5) is 0. The fraction of sp³-hybridized carbons (Fsp3) is 1.00. The zero-order chi connectivity index (χ0) is 8.97. The van der Waals surface area contributed by atoms with Gasteiger partial charge < -0.3 is 10.4 Å². The van der Waals surface area contributed by atoms with Gasteiger partial charge in [-0.05, 0) is 24.8 Å². The van der Waals surface area contributed by atoms with E-state index in [1.807, 2.05) is 0 Å². The summed E-state index contributed by atoms with van der Waals surface area (Å²) in [5, 5.41) is 12.0. The fourth-order valence-electron chi connectivity index (χ4n) is 1.73. The molecule has 0 spiro atoms. The minimum atomic E-state index is -2.23. The standard InChI is InChI=1S/C8H15F2NO/c9-8(10)3-6-1-2-11-4-7(6)5-12/h6-8,11-12H,1-5H2. The van der Waals surface area contributed by atoms with Gasteiger partial charge in [0.25, 0.3) is 0 Å². The monoisotopic (exact) mass is 179 g/mol. The molecule has 0 aliphatic carbocycles. The molecule has 1 aliphatic rings. The lowest BCUT2D eigenvalue weighted by molar-refractivity contribution is 0.0662. The summed E-state index contributed by atoms with van der Waals surface area (Å²) in [6, 6.07) is 0. The second kappa shape index (κ2) is 4.72. The molecule has 1 aliphatic heterocycles. The molecule has 2 unspecified atom stereocenters. The number of hydrogen-bond donors (Lipinski definition) is 2. The highest BCUT2D eigenvalue weighted by molar-refractivity contribution is 4.77. The molecular weight excluding hydrogens is 164 g/mol. The zero-order valence-corrected chi connectivity index (χ0v) is 6.97. The maximum absolute atomic E-state index is 12.0. The molecule has 1 fully saturated rings. The van der Waals surface area contributed by atoms with E-state index in [2.05, 4.69) is 5.32 Å². The molecule has 0 saturated carbocycles. The van der Waals surface area contributed by atoms with E-state index >= 15 is 0 Å². The van der Waals surface area contributed by atoms with E-state index in [-0.39, 0.29) is 24.9 Å². The Morgan fingerprint density at radius 1 is 1.42 bits per heavy atom. The van der Waals surface area contributed by atoms with Crippen LogP contribution in [-0.2, 0) is 0 Å². The number of halogens is 2. The van der Waals surface area contributed by atoms with E-state index in [1.54, 1.807) is 0 Å². The Hall–Kier alpha value is -0.220. The molecule has 0 aromatic heterocycles. The minimum Gasteiger partial charge on any atom is -0.396 e. The minimum absolute atomic E-state index is 0.00347. The lowest BCUT2D eigenvalue weighted by atomic mass is 9.85.